The van der Waals surface area contributed by atoms with Crippen molar-refractivity contribution in [1.82, 2.24) is 5.32 Å². The van der Waals surface area contributed by atoms with Crippen molar-refractivity contribution in [3.63, 3.8) is 0 Å². The summed E-state index contributed by atoms with van der Waals surface area (Å²) < 4.78 is 22.2. The van der Waals surface area contributed by atoms with Crippen LogP contribution in [0.25, 0.3) is 0 Å². The number of allylic oxidation sites excluding steroid dienone is 2. The third-order valence-electron chi connectivity index (χ3n) is 11.4. The molecule has 0 spiro atoms. The summed E-state index contributed by atoms with van der Waals surface area (Å²) in [7, 11) is -4.38. The molecule has 1 amide bonds. The van der Waals surface area contributed by atoms with Crippen LogP contribution in [0.1, 0.15) is 251 Å². The Bertz CT molecular complexity index is 940. The molecule has 0 aromatic rings. The summed E-state index contributed by atoms with van der Waals surface area (Å²) in [5.74, 6) is -0.414. The molecular formula is C48H97N2O7P. The van der Waals surface area contributed by atoms with E-state index in [-0.39, 0.29) is 26.2 Å². The second kappa shape index (κ2) is 44.3. The quantitative estimate of drug-likeness (QED) is 0.0231. The van der Waals surface area contributed by atoms with Crippen LogP contribution in [0.2, 0.25) is 0 Å². The lowest BCUT2D eigenvalue weighted by Crippen LogP contribution is -2.47. The zero-order chi connectivity index (χ0) is 42.6. The summed E-state index contributed by atoms with van der Waals surface area (Å²) in [4.78, 5) is 22.9. The van der Waals surface area contributed by atoms with Crippen molar-refractivity contribution in [1.29, 1.82) is 0 Å². The van der Waals surface area contributed by atoms with Gasteiger partial charge in [-0.1, -0.05) is 219 Å². The number of carbonyl (C=O) groups is 1. The number of rotatable bonds is 47. The Kier molecular flexibility index (Phi) is 43.7. The molecule has 58 heavy (non-hydrogen) atoms. The third kappa shape index (κ3) is 41.9. The molecule has 0 aromatic heterocycles. The van der Waals surface area contributed by atoms with Gasteiger partial charge in [0, 0.05) is 6.54 Å². The van der Waals surface area contributed by atoms with E-state index in [4.69, 9.17) is 14.8 Å². The lowest BCUT2D eigenvalue weighted by Gasteiger charge is -2.25. The van der Waals surface area contributed by atoms with Gasteiger partial charge in [-0.2, -0.15) is 0 Å². The van der Waals surface area contributed by atoms with Gasteiger partial charge in [-0.25, -0.2) is 4.57 Å². The Morgan fingerprint density at radius 1 is 0.569 bits per heavy atom. The van der Waals surface area contributed by atoms with Crippen LogP contribution in [0, 0.1) is 0 Å². The third-order valence-corrected chi connectivity index (χ3v) is 12.4. The number of phosphoric ester groups is 1. The van der Waals surface area contributed by atoms with Gasteiger partial charge in [0.1, 0.15) is 0 Å². The first kappa shape index (κ1) is 57.2. The molecule has 346 valence electrons. The van der Waals surface area contributed by atoms with Crippen molar-refractivity contribution in [3.8, 4) is 0 Å². The van der Waals surface area contributed by atoms with Gasteiger partial charge in [-0.3, -0.25) is 13.8 Å². The fourth-order valence-electron chi connectivity index (χ4n) is 7.65. The van der Waals surface area contributed by atoms with E-state index in [2.05, 4.69) is 31.3 Å². The van der Waals surface area contributed by atoms with Crippen molar-refractivity contribution in [3.05, 3.63) is 12.2 Å². The van der Waals surface area contributed by atoms with E-state index in [0.717, 1.165) is 44.9 Å². The van der Waals surface area contributed by atoms with Gasteiger partial charge in [0.15, 0.2) is 0 Å². The van der Waals surface area contributed by atoms with Crippen LogP contribution in [-0.2, 0) is 18.4 Å². The van der Waals surface area contributed by atoms with Gasteiger partial charge < -0.3 is 26.2 Å². The minimum atomic E-state index is -4.38. The van der Waals surface area contributed by atoms with E-state index in [0.29, 0.717) is 12.8 Å². The highest BCUT2D eigenvalue weighted by Gasteiger charge is 2.28. The van der Waals surface area contributed by atoms with Crippen molar-refractivity contribution in [2.45, 2.75) is 270 Å². The standard InChI is InChI=1S/C48H97N2O7P/c1-3-5-7-9-11-13-15-17-19-21-23-25-27-29-31-33-35-37-39-45(51)43-48(53)50-46(44-57-58(54,55)56-42-41-49)47(52)40-38-36-34-32-30-28-26-24-22-20-18-16-14-12-10-8-6-4-2/h23,25,45-47,51-52H,3-22,24,26-44,49H2,1-2H3,(H,50,53)(H,54,55)/b25-23-. The summed E-state index contributed by atoms with van der Waals surface area (Å²) in [5.41, 5.74) is 5.38. The highest BCUT2D eigenvalue weighted by molar-refractivity contribution is 7.47. The molecule has 9 nitrogen and oxygen atoms in total. The largest absolute Gasteiger partial charge is 0.472 e. The molecule has 0 heterocycles. The summed E-state index contributed by atoms with van der Waals surface area (Å²) in [6.45, 7) is 4.08. The molecule has 4 unspecified atom stereocenters. The fourth-order valence-corrected chi connectivity index (χ4v) is 8.41. The molecule has 0 aliphatic carbocycles. The molecule has 0 aliphatic heterocycles. The van der Waals surface area contributed by atoms with Crippen molar-refractivity contribution in [2.75, 3.05) is 19.8 Å². The highest BCUT2D eigenvalue weighted by Crippen LogP contribution is 2.43. The first-order valence-corrected chi connectivity index (χ1v) is 26.4. The van der Waals surface area contributed by atoms with Gasteiger partial charge >= 0.3 is 7.82 Å². The number of phosphoric acid groups is 1. The number of unbranched alkanes of at least 4 members (excludes halogenated alkanes) is 31. The lowest BCUT2D eigenvalue weighted by molar-refractivity contribution is -0.125. The topological polar surface area (TPSA) is 151 Å². The molecule has 0 saturated heterocycles. The van der Waals surface area contributed by atoms with Crippen molar-refractivity contribution < 1.29 is 33.5 Å². The minimum Gasteiger partial charge on any atom is -0.393 e. The van der Waals surface area contributed by atoms with Crippen LogP contribution >= 0.6 is 7.82 Å². The maximum absolute atomic E-state index is 12.9. The van der Waals surface area contributed by atoms with Crippen LogP contribution in [0.15, 0.2) is 12.2 Å². The number of amides is 1. The first-order chi connectivity index (χ1) is 28.3. The maximum atomic E-state index is 12.9. The predicted molar refractivity (Wildman–Crippen MR) is 246 cm³/mol. The molecule has 0 rings (SSSR count). The van der Waals surface area contributed by atoms with E-state index in [9.17, 15) is 24.5 Å². The van der Waals surface area contributed by atoms with E-state index in [1.165, 1.54) is 173 Å². The average molecular weight is 845 g/mol. The lowest BCUT2D eigenvalue weighted by atomic mass is 10.0. The van der Waals surface area contributed by atoms with Crippen LogP contribution in [-0.4, -0.2) is 59.0 Å². The van der Waals surface area contributed by atoms with Gasteiger partial charge in [0.2, 0.25) is 5.91 Å². The van der Waals surface area contributed by atoms with Crippen LogP contribution in [0.4, 0.5) is 0 Å². The van der Waals surface area contributed by atoms with Crippen molar-refractivity contribution >= 4 is 13.7 Å². The van der Waals surface area contributed by atoms with Gasteiger partial charge in [-0.05, 0) is 38.5 Å². The molecule has 0 aliphatic rings. The summed E-state index contributed by atoms with van der Waals surface area (Å²) in [5, 5.41) is 24.3. The summed E-state index contributed by atoms with van der Waals surface area (Å²) in [6, 6.07) is -0.897. The Morgan fingerprint density at radius 3 is 1.33 bits per heavy atom. The molecule has 0 saturated carbocycles. The average Bonchev–Trinajstić information content (AvgIpc) is 3.20. The number of carbonyl (C=O) groups excluding carboxylic acids is 1. The molecule has 0 radical (unpaired) electrons. The Labute approximate surface area is 358 Å². The number of hydrogen-bond donors (Lipinski definition) is 5. The summed E-state index contributed by atoms with van der Waals surface area (Å²) >= 11 is 0. The number of aliphatic hydroxyl groups excluding tert-OH is 2. The smallest absolute Gasteiger partial charge is 0.393 e. The van der Waals surface area contributed by atoms with Gasteiger partial charge in [0.25, 0.3) is 0 Å². The molecular weight excluding hydrogens is 748 g/mol. The molecule has 6 N–H and O–H groups in total. The van der Waals surface area contributed by atoms with Gasteiger partial charge in [0.05, 0.1) is 37.9 Å². The Hall–Kier alpha value is -0.800. The molecule has 0 fully saturated rings. The Balaban J connectivity index is 4.17. The predicted octanol–water partition coefficient (Wildman–Crippen LogP) is 13.3. The maximum Gasteiger partial charge on any atom is 0.472 e. The zero-order valence-electron chi connectivity index (χ0n) is 38.2. The summed E-state index contributed by atoms with van der Waals surface area (Å²) in [6.07, 6.45) is 46.8. The van der Waals surface area contributed by atoms with Gasteiger partial charge in [-0.15, -0.1) is 0 Å². The molecule has 4 atom stereocenters. The molecule has 10 heteroatoms. The van der Waals surface area contributed by atoms with E-state index >= 15 is 0 Å². The highest BCUT2D eigenvalue weighted by atomic mass is 31.2. The second-order valence-electron chi connectivity index (χ2n) is 17.2. The number of nitrogens with two attached hydrogens (primary N) is 1. The number of aliphatic hydroxyl groups is 2. The van der Waals surface area contributed by atoms with E-state index < -0.39 is 32.0 Å². The minimum absolute atomic E-state index is 0.0603. The van der Waals surface area contributed by atoms with Crippen LogP contribution in [0.3, 0.4) is 0 Å². The zero-order valence-corrected chi connectivity index (χ0v) is 39.1. The van der Waals surface area contributed by atoms with E-state index in [1.807, 2.05) is 0 Å². The normalized spacial score (nSPS) is 14.5. The molecule has 0 aromatic carbocycles. The fraction of sp³-hybridized carbons (Fsp3) is 0.938. The number of hydrogen-bond acceptors (Lipinski definition) is 7. The molecule has 0 bridgehead atoms. The van der Waals surface area contributed by atoms with Crippen LogP contribution < -0.4 is 11.1 Å². The second-order valence-corrected chi connectivity index (χ2v) is 18.7. The SMILES string of the molecule is CCCCCCCCCCC/C=C\CCCCCCCC(O)CC(=O)NC(COP(=O)(O)OCCN)C(O)CCCCCCCCCCCCCCCCCCCC. The van der Waals surface area contributed by atoms with E-state index in [1.54, 1.807) is 0 Å². The van der Waals surface area contributed by atoms with Crippen LogP contribution in [0.5, 0.6) is 0 Å². The first-order valence-electron chi connectivity index (χ1n) is 24.9. The Morgan fingerprint density at radius 2 is 0.931 bits per heavy atom. The monoisotopic (exact) mass is 845 g/mol. The number of nitrogens with one attached hydrogen (secondary N) is 1. The van der Waals surface area contributed by atoms with Crippen molar-refractivity contribution in [2.24, 2.45) is 5.73 Å².